The molecule has 0 fully saturated rings. The van der Waals surface area contributed by atoms with Crippen molar-refractivity contribution in [1.29, 1.82) is 0 Å². The number of carboxylic acid groups (broad SMARTS) is 1. The molecule has 0 aliphatic rings. The number of rotatable bonds is 3. The zero-order chi connectivity index (χ0) is 13.1. The Hall–Kier alpha value is -2.36. The average molecular weight is 243 g/mol. The molecule has 0 saturated carbocycles. The van der Waals surface area contributed by atoms with Gasteiger partial charge in [-0.05, 0) is 24.1 Å². The molecule has 1 N–H and O–H groups in total. The van der Waals surface area contributed by atoms with Crippen LogP contribution in [0.4, 0.5) is 0 Å². The van der Waals surface area contributed by atoms with Crippen LogP contribution in [0.5, 0.6) is 0 Å². The summed E-state index contributed by atoms with van der Waals surface area (Å²) >= 11 is 0. The van der Waals surface area contributed by atoms with E-state index in [4.69, 9.17) is 5.11 Å². The van der Waals surface area contributed by atoms with Gasteiger partial charge in [-0.3, -0.25) is 9.36 Å². The van der Waals surface area contributed by atoms with Crippen LogP contribution in [-0.2, 0) is 6.42 Å². The van der Waals surface area contributed by atoms with E-state index in [1.54, 1.807) is 0 Å². The van der Waals surface area contributed by atoms with E-state index in [9.17, 15) is 9.59 Å². The number of carboxylic acids is 1. The van der Waals surface area contributed by atoms with Crippen LogP contribution in [0.25, 0.3) is 5.69 Å². The average Bonchev–Trinajstić information content (AvgIpc) is 2.39. The number of hydrogen-bond acceptors (Lipinski definition) is 2. The second-order valence-electron chi connectivity index (χ2n) is 3.91. The van der Waals surface area contributed by atoms with Gasteiger partial charge in [-0.15, -0.1) is 0 Å². The van der Waals surface area contributed by atoms with Crippen molar-refractivity contribution in [1.82, 2.24) is 4.57 Å². The molecule has 4 nitrogen and oxygen atoms in total. The standard InChI is InChI=1S/C14H13NO3/c1-2-10-5-3-4-6-12(10)15-9-11(14(17)18)7-8-13(15)16/h3-9H,2H2,1H3,(H,17,18). The van der Waals surface area contributed by atoms with Crippen LogP contribution in [0.15, 0.2) is 47.4 Å². The molecule has 0 bridgehead atoms. The van der Waals surface area contributed by atoms with Gasteiger partial charge in [-0.2, -0.15) is 0 Å². The second kappa shape index (κ2) is 4.87. The van der Waals surface area contributed by atoms with E-state index in [1.165, 1.54) is 22.9 Å². The maximum Gasteiger partial charge on any atom is 0.337 e. The van der Waals surface area contributed by atoms with Crippen molar-refractivity contribution >= 4 is 5.97 Å². The van der Waals surface area contributed by atoms with E-state index in [-0.39, 0.29) is 11.1 Å². The lowest BCUT2D eigenvalue weighted by Crippen LogP contribution is -2.19. The fourth-order valence-electron chi connectivity index (χ4n) is 1.85. The Labute approximate surface area is 104 Å². The molecule has 0 aliphatic carbocycles. The minimum absolute atomic E-state index is 0.0977. The van der Waals surface area contributed by atoms with Gasteiger partial charge in [0.15, 0.2) is 0 Å². The van der Waals surface area contributed by atoms with Crippen LogP contribution in [-0.4, -0.2) is 15.6 Å². The van der Waals surface area contributed by atoms with Crippen molar-refractivity contribution in [3.63, 3.8) is 0 Å². The van der Waals surface area contributed by atoms with Crippen LogP contribution in [0.1, 0.15) is 22.8 Å². The van der Waals surface area contributed by atoms with Crippen molar-refractivity contribution in [3.05, 3.63) is 64.1 Å². The summed E-state index contributed by atoms with van der Waals surface area (Å²) in [5.74, 6) is -1.04. The summed E-state index contributed by atoms with van der Waals surface area (Å²) < 4.78 is 1.38. The molecule has 18 heavy (non-hydrogen) atoms. The predicted molar refractivity (Wildman–Crippen MR) is 68.4 cm³/mol. The molecule has 0 atom stereocenters. The highest BCUT2D eigenvalue weighted by Crippen LogP contribution is 2.13. The molecule has 0 saturated heterocycles. The molecule has 0 amide bonds. The molecule has 4 heteroatoms. The number of benzene rings is 1. The third-order valence-electron chi connectivity index (χ3n) is 2.79. The lowest BCUT2D eigenvalue weighted by molar-refractivity contribution is 0.0696. The summed E-state index contributed by atoms with van der Waals surface area (Å²) in [5.41, 5.74) is 1.59. The number of pyridine rings is 1. The molecule has 1 aromatic carbocycles. The Balaban J connectivity index is 2.66. The van der Waals surface area contributed by atoms with Crippen molar-refractivity contribution in [2.45, 2.75) is 13.3 Å². The monoisotopic (exact) mass is 243 g/mol. The SMILES string of the molecule is CCc1ccccc1-n1cc(C(=O)O)ccc1=O. The first-order chi connectivity index (χ1) is 8.63. The summed E-state index contributed by atoms with van der Waals surface area (Å²) in [6.45, 7) is 1.99. The van der Waals surface area contributed by atoms with Crippen LogP contribution >= 0.6 is 0 Å². The molecule has 1 aromatic heterocycles. The Kier molecular flexibility index (Phi) is 3.28. The largest absolute Gasteiger partial charge is 0.478 e. The first kappa shape index (κ1) is 12.1. The first-order valence-electron chi connectivity index (χ1n) is 5.67. The van der Waals surface area contributed by atoms with E-state index in [0.29, 0.717) is 0 Å². The van der Waals surface area contributed by atoms with Gasteiger partial charge >= 0.3 is 5.97 Å². The Morgan fingerprint density at radius 2 is 1.94 bits per heavy atom. The van der Waals surface area contributed by atoms with Gasteiger partial charge in [0.1, 0.15) is 0 Å². The molecule has 2 rings (SSSR count). The summed E-state index contributed by atoms with van der Waals surface area (Å²) in [6, 6.07) is 10.1. The highest BCUT2D eigenvalue weighted by molar-refractivity contribution is 5.87. The summed E-state index contributed by atoms with van der Waals surface area (Å²) in [7, 11) is 0. The number of aromatic carboxylic acids is 1. The van der Waals surface area contributed by atoms with E-state index >= 15 is 0 Å². The molecule has 2 aromatic rings. The molecule has 92 valence electrons. The van der Waals surface area contributed by atoms with E-state index in [1.807, 2.05) is 31.2 Å². The highest BCUT2D eigenvalue weighted by atomic mass is 16.4. The third kappa shape index (κ3) is 2.18. The topological polar surface area (TPSA) is 59.3 Å². The lowest BCUT2D eigenvalue weighted by atomic mass is 10.1. The molecular weight excluding hydrogens is 230 g/mol. The fraction of sp³-hybridized carbons (Fsp3) is 0.143. The molecule has 1 heterocycles. The minimum Gasteiger partial charge on any atom is -0.478 e. The van der Waals surface area contributed by atoms with Gasteiger partial charge < -0.3 is 5.11 Å². The van der Waals surface area contributed by atoms with Gasteiger partial charge in [0.25, 0.3) is 5.56 Å². The maximum absolute atomic E-state index is 11.8. The lowest BCUT2D eigenvalue weighted by Gasteiger charge is -2.10. The van der Waals surface area contributed by atoms with Crippen LogP contribution in [0.3, 0.4) is 0 Å². The number of hydrogen-bond donors (Lipinski definition) is 1. The minimum atomic E-state index is -1.04. The number of aromatic nitrogens is 1. The Morgan fingerprint density at radius 1 is 1.22 bits per heavy atom. The van der Waals surface area contributed by atoms with Crippen LogP contribution in [0.2, 0.25) is 0 Å². The zero-order valence-electron chi connectivity index (χ0n) is 9.96. The van der Waals surface area contributed by atoms with Crippen molar-refractivity contribution in [2.75, 3.05) is 0 Å². The van der Waals surface area contributed by atoms with Gasteiger partial charge in [0.2, 0.25) is 0 Å². The number of nitrogens with zero attached hydrogens (tertiary/aromatic N) is 1. The van der Waals surface area contributed by atoms with E-state index in [0.717, 1.165) is 17.7 Å². The normalized spacial score (nSPS) is 10.3. The van der Waals surface area contributed by atoms with Gasteiger partial charge in [-0.1, -0.05) is 25.1 Å². The number of aryl methyl sites for hydroxylation is 1. The smallest absolute Gasteiger partial charge is 0.337 e. The molecule has 0 spiro atoms. The Bertz CT molecular complexity index is 643. The molecule has 0 radical (unpaired) electrons. The fourth-order valence-corrected chi connectivity index (χ4v) is 1.85. The van der Waals surface area contributed by atoms with Gasteiger partial charge in [0, 0.05) is 12.3 Å². The predicted octanol–water partition coefficient (Wildman–Crippen LogP) is 2.10. The summed E-state index contributed by atoms with van der Waals surface area (Å²) in [5, 5.41) is 8.96. The zero-order valence-corrected chi connectivity index (χ0v) is 9.96. The molecule has 0 aliphatic heterocycles. The number of carbonyl (C=O) groups is 1. The van der Waals surface area contributed by atoms with Crippen LogP contribution < -0.4 is 5.56 Å². The number of para-hydroxylation sites is 1. The summed E-state index contributed by atoms with van der Waals surface area (Å²) in [6.07, 6.45) is 2.14. The third-order valence-corrected chi connectivity index (χ3v) is 2.79. The van der Waals surface area contributed by atoms with Crippen LogP contribution in [0, 0.1) is 0 Å². The molecular formula is C14H13NO3. The maximum atomic E-state index is 11.8. The summed E-state index contributed by atoms with van der Waals surface area (Å²) in [4.78, 5) is 22.8. The van der Waals surface area contributed by atoms with Crippen molar-refractivity contribution in [2.24, 2.45) is 0 Å². The van der Waals surface area contributed by atoms with E-state index < -0.39 is 5.97 Å². The highest BCUT2D eigenvalue weighted by Gasteiger charge is 2.08. The van der Waals surface area contributed by atoms with Gasteiger partial charge in [0.05, 0.1) is 11.3 Å². The first-order valence-corrected chi connectivity index (χ1v) is 5.67. The second-order valence-corrected chi connectivity index (χ2v) is 3.91. The van der Waals surface area contributed by atoms with E-state index in [2.05, 4.69) is 0 Å². The van der Waals surface area contributed by atoms with Crippen molar-refractivity contribution in [3.8, 4) is 5.69 Å². The quantitative estimate of drug-likeness (QED) is 0.898. The Morgan fingerprint density at radius 3 is 2.61 bits per heavy atom. The van der Waals surface area contributed by atoms with Crippen molar-refractivity contribution < 1.29 is 9.90 Å². The molecule has 0 unspecified atom stereocenters. The van der Waals surface area contributed by atoms with Gasteiger partial charge in [-0.25, -0.2) is 4.79 Å².